The molecule has 1 aromatic heterocycles. The van der Waals surface area contributed by atoms with Crippen molar-refractivity contribution >= 4 is 34.5 Å². The van der Waals surface area contributed by atoms with Crippen LogP contribution in [0.25, 0.3) is 5.69 Å². The van der Waals surface area contributed by atoms with Gasteiger partial charge in [0, 0.05) is 9.26 Å². The second-order valence-corrected chi connectivity index (χ2v) is 7.20. The van der Waals surface area contributed by atoms with Gasteiger partial charge in [0.25, 0.3) is 5.56 Å². The van der Waals surface area contributed by atoms with Gasteiger partial charge < -0.3 is 0 Å². The highest BCUT2D eigenvalue weighted by molar-refractivity contribution is 14.1. The number of hydrogen-bond donors (Lipinski definition) is 2. The van der Waals surface area contributed by atoms with E-state index in [1.165, 1.54) is 5.56 Å². The number of H-pyrrole nitrogens is 1. The highest BCUT2D eigenvalue weighted by atomic mass is 127. The van der Waals surface area contributed by atoms with Crippen molar-refractivity contribution in [1.29, 1.82) is 0 Å². The van der Waals surface area contributed by atoms with Crippen LogP contribution in [-0.4, -0.2) is 16.0 Å². The minimum Gasteiger partial charge on any atom is -0.295 e. The Balaban J connectivity index is 1.88. The Labute approximate surface area is 159 Å². The summed E-state index contributed by atoms with van der Waals surface area (Å²) < 4.78 is 2.72. The van der Waals surface area contributed by atoms with E-state index in [0.717, 1.165) is 26.2 Å². The normalized spacial score (nSPS) is 11.2. The van der Waals surface area contributed by atoms with Crippen molar-refractivity contribution in [2.24, 2.45) is 5.10 Å². The van der Waals surface area contributed by atoms with E-state index in [-0.39, 0.29) is 5.56 Å². The number of anilines is 1. The van der Waals surface area contributed by atoms with Gasteiger partial charge in [0.05, 0.1) is 23.2 Å². The summed E-state index contributed by atoms with van der Waals surface area (Å²) in [5.41, 5.74) is 8.09. The number of benzene rings is 2. The van der Waals surface area contributed by atoms with E-state index in [1.54, 1.807) is 10.9 Å². The van der Waals surface area contributed by atoms with Gasteiger partial charge in [-0.3, -0.25) is 15.3 Å². The zero-order valence-corrected chi connectivity index (χ0v) is 16.5. The summed E-state index contributed by atoms with van der Waals surface area (Å²) in [5, 5.41) is 7.33. The smallest absolute Gasteiger partial charge is 0.280 e. The van der Waals surface area contributed by atoms with Crippen molar-refractivity contribution in [1.82, 2.24) is 9.78 Å². The first-order valence-electron chi connectivity index (χ1n) is 7.89. The zero-order valence-electron chi connectivity index (χ0n) is 14.3. The van der Waals surface area contributed by atoms with Gasteiger partial charge in [0.1, 0.15) is 0 Å². The average Bonchev–Trinajstić information content (AvgIpc) is 2.84. The van der Waals surface area contributed by atoms with Gasteiger partial charge >= 0.3 is 0 Å². The molecule has 2 N–H and O–H groups in total. The Kier molecular flexibility index (Phi) is 5.08. The van der Waals surface area contributed by atoms with Crippen LogP contribution < -0.4 is 11.0 Å². The van der Waals surface area contributed by atoms with Gasteiger partial charge in [-0.25, -0.2) is 4.68 Å². The van der Waals surface area contributed by atoms with Crippen LogP contribution in [0.2, 0.25) is 0 Å². The van der Waals surface area contributed by atoms with Crippen LogP contribution in [-0.2, 0) is 0 Å². The van der Waals surface area contributed by atoms with Crippen LogP contribution in [0.4, 0.5) is 5.69 Å². The van der Waals surface area contributed by atoms with E-state index < -0.39 is 0 Å². The fraction of sp³-hybridized carbons (Fsp3) is 0.158. The molecular weight excluding hydrogens is 427 g/mol. The Hall–Kier alpha value is -2.35. The van der Waals surface area contributed by atoms with Crippen molar-refractivity contribution in [2.45, 2.75) is 20.8 Å². The summed E-state index contributed by atoms with van der Waals surface area (Å²) in [6.45, 7) is 5.90. The van der Waals surface area contributed by atoms with Gasteiger partial charge in [-0.2, -0.15) is 5.10 Å². The van der Waals surface area contributed by atoms with Crippen LogP contribution >= 0.6 is 22.6 Å². The fourth-order valence-electron chi connectivity index (χ4n) is 2.63. The number of aromatic nitrogens is 2. The van der Waals surface area contributed by atoms with E-state index in [4.69, 9.17) is 0 Å². The van der Waals surface area contributed by atoms with E-state index in [1.807, 2.05) is 57.2 Å². The van der Waals surface area contributed by atoms with E-state index in [0.29, 0.717) is 5.56 Å². The molecule has 0 saturated heterocycles. The molecule has 0 bridgehead atoms. The number of halogens is 1. The molecule has 0 aliphatic rings. The maximum absolute atomic E-state index is 12.7. The van der Waals surface area contributed by atoms with Crippen molar-refractivity contribution < 1.29 is 0 Å². The average molecular weight is 446 g/mol. The molecule has 6 heteroatoms. The van der Waals surface area contributed by atoms with Crippen LogP contribution in [0.3, 0.4) is 0 Å². The first-order chi connectivity index (χ1) is 12.0. The Morgan fingerprint density at radius 3 is 2.52 bits per heavy atom. The predicted molar refractivity (Wildman–Crippen MR) is 111 cm³/mol. The Morgan fingerprint density at radius 2 is 1.84 bits per heavy atom. The number of aromatic amines is 1. The lowest BCUT2D eigenvalue weighted by Gasteiger charge is -2.06. The molecule has 2 aromatic carbocycles. The molecule has 0 aliphatic carbocycles. The lowest BCUT2D eigenvalue weighted by Crippen LogP contribution is -2.18. The molecule has 0 aliphatic heterocycles. The number of nitrogens with one attached hydrogen (secondary N) is 2. The molecule has 0 unspecified atom stereocenters. The number of nitrogens with zero attached hydrogens (tertiary/aromatic N) is 2. The Morgan fingerprint density at radius 1 is 1.12 bits per heavy atom. The molecule has 128 valence electrons. The molecule has 0 spiro atoms. The number of hydrogen-bond acceptors (Lipinski definition) is 3. The van der Waals surface area contributed by atoms with E-state index >= 15 is 0 Å². The largest absolute Gasteiger partial charge is 0.295 e. The van der Waals surface area contributed by atoms with Crippen LogP contribution in [0.1, 0.15) is 22.4 Å². The molecule has 0 saturated carbocycles. The van der Waals surface area contributed by atoms with Crippen molar-refractivity contribution in [2.75, 3.05) is 5.43 Å². The third-order valence-electron chi connectivity index (χ3n) is 3.94. The Bertz CT molecular complexity index is 984. The van der Waals surface area contributed by atoms with Crippen LogP contribution in [0.5, 0.6) is 0 Å². The van der Waals surface area contributed by atoms with Gasteiger partial charge in [-0.05, 0) is 79.3 Å². The molecule has 5 nitrogen and oxygen atoms in total. The molecule has 0 fully saturated rings. The van der Waals surface area contributed by atoms with Gasteiger partial charge in [0.15, 0.2) is 0 Å². The highest BCUT2D eigenvalue weighted by Crippen LogP contribution is 2.14. The van der Waals surface area contributed by atoms with Gasteiger partial charge in [-0.15, -0.1) is 0 Å². The second kappa shape index (κ2) is 7.26. The molecule has 0 amide bonds. The number of aryl methyl sites for hydroxylation is 3. The SMILES string of the molecule is Cc1ccc(-n2[nH]c(C)c(/C=N/Nc3ccc(I)cc3)c2=O)c(C)c1. The summed E-state index contributed by atoms with van der Waals surface area (Å²) >= 11 is 2.25. The van der Waals surface area contributed by atoms with Crippen molar-refractivity contribution in [3.63, 3.8) is 0 Å². The third-order valence-corrected chi connectivity index (χ3v) is 4.66. The molecular formula is C19H19IN4O. The van der Waals surface area contributed by atoms with E-state index in [2.05, 4.69) is 44.3 Å². The summed E-state index contributed by atoms with van der Waals surface area (Å²) in [7, 11) is 0. The quantitative estimate of drug-likeness (QED) is 0.360. The molecule has 1 heterocycles. The zero-order chi connectivity index (χ0) is 18.0. The molecule has 0 atom stereocenters. The second-order valence-electron chi connectivity index (χ2n) is 5.96. The summed E-state index contributed by atoms with van der Waals surface area (Å²) in [6.07, 6.45) is 1.56. The fourth-order valence-corrected chi connectivity index (χ4v) is 2.99. The summed E-state index contributed by atoms with van der Waals surface area (Å²) in [5.74, 6) is 0. The predicted octanol–water partition coefficient (Wildman–Crippen LogP) is 4.14. The molecule has 25 heavy (non-hydrogen) atoms. The first-order valence-corrected chi connectivity index (χ1v) is 8.97. The standard InChI is InChI=1S/C19H19IN4O/c1-12-4-9-18(13(2)10-12)24-19(25)17(14(3)23-24)11-21-22-16-7-5-15(20)6-8-16/h4-11,22-23H,1-3H3/b21-11+. The van der Waals surface area contributed by atoms with Crippen molar-refractivity contribution in [3.05, 3.63) is 78.8 Å². The maximum Gasteiger partial charge on any atom is 0.280 e. The summed E-state index contributed by atoms with van der Waals surface area (Å²) in [4.78, 5) is 12.7. The van der Waals surface area contributed by atoms with Crippen LogP contribution in [0.15, 0.2) is 52.4 Å². The first kappa shape index (κ1) is 17.5. The lowest BCUT2D eigenvalue weighted by atomic mass is 10.1. The van der Waals surface area contributed by atoms with Crippen LogP contribution in [0, 0.1) is 24.3 Å². The lowest BCUT2D eigenvalue weighted by molar-refractivity contribution is 0.828. The number of hydrazone groups is 1. The van der Waals surface area contributed by atoms with E-state index in [9.17, 15) is 4.79 Å². The van der Waals surface area contributed by atoms with Crippen molar-refractivity contribution in [3.8, 4) is 5.69 Å². The molecule has 0 radical (unpaired) electrons. The van der Waals surface area contributed by atoms with Gasteiger partial charge in [-0.1, -0.05) is 17.7 Å². The monoisotopic (exact) mass is 446 g/mol. The topological polar surface area (TPSA) is 62.2 Å². The minimum atomic E-state index is -0.113. The highest BCUT2D eigenvalue weighted by Gasteiger charge is 2.12. The maximum atomic E-state index is 12.7. The molecule has 3 aromatic rings. The number of rotatable bonds is 4. The van der Waals surface area contributed by atoms with Gasteiger partial charge in [0.2, 0.25) is 0 Å². The summed E-state index contributed by atoms with van der Waals surface area (Å²) in [6, 6.07) is 13.9. The molecule has 3 rings (SSSR count). The third kappa shape index (κ3) is 3.84. The minimum absolute atomic E-state index is 0.113.